The highest BCUT2D eigenvalue weighted by molar-refractivity contribution is 7.17. The minimum atomic E-state index is 0.219. The van der Waals surface area contributed by atoms with E-state index in [1.807, 2.05) is 39.8 Å². The van der Waals surface area contributed by atoms with E-state index in [4.69, 9.17) is 4.74 Å². The molecule has 0 aliphatic carbocycles. The maximum Gasteiger partial charge on any atom is 0.119 e. The van der Waals surface area contributed by atoms with E-state index in [0.29, 0.717) is 5.78 Å². The Hall–Kier alpha value is -1.37. The second-order valence-electron chi connectivity index (χ2n) is 5.49. The van der Waals surface area contributed by atoms with Crippen molar-refractivity contribution in [2.24, 2.45) is 0 Å². The molecule has 0 bridgehead atoms. The summed E-state index contributed by atoms with van der Waals surface area (Å²) in [5.41, 5.74) is 2.62. The summed E-state index contributed by atoms with van der Waals surface area (Å²) in [6.07, 6.45) is 1.23. The van der Waals surface area contributed by atoms with Crippen molar-refractivity contribution in [3.8, 4) is 5.75 Å². The van der Waals surface area contributed by atoms with Crippen LogP contribution in [0.5, 0.6) is 5.75 Å². The molecule has 0 spiro atoms. The molecule has 0 saturated heterocycles. The van der Waals surface area contributed by atoms with Crippen molar-refractivity contribution in [3.63, 3.8) is 0 Å². The van der Waals surface area contributed by atoms with E-state index in [1.165, 1.54) is 11.1 Å². The van der Waals surface area contributed by atoms with Gasteiger partial charge in [0.15, 0.2) is 0 Å². The van der Waals surface area contributed by atoms with Crippen molar-refractivity contribution in [1.82, 2.24) is 5.32 Å². The van der Waals surface area contributed by atoms with E-state index < -0.39 is 0 Å². The van der Waals surface area contributed by atoms with Crippen LogP contribution in [0.1, 0.15) is 38.8 Å². The molecule has 2 aromatic rings. The lowest BCUT2D eigenvalue weighted by molar-refractivity contribution is 0.242. The molecule has 23 heavy (non-hydrogen) atoms. The number of hydrogen-bond acceptors (Lipinski definition) is 2. The quantitative estimate of drug-likeness (QED) is 0.718. The van der Waals surface area contributed by atoms with Gasteiger partial charge in [0.25, 0.3) is 0 Å². The van der Waals surface area contributed by atoms with Gasteiger partial charge in [-0.05, 0) is 43.5 Å². The van der Waals surface area contributed by atoms with Crippen LogP contribution >= 0.6 is 9.24 Å². The van der Waals surface area contributed by atoms with Gasteiger partial charge in [0, 0.05) is 12.3 Å². The maximum absolute atomic E-state index is 5.65. The molecule has 1 N–H and O–H groups in total. The first-order chi connectivity index (χ1) is 11.1. The lowest BCUT2D eigenvalue weighted by atomic mass is 10.1. The zero-order valence-corrected chi connectivity index (χ0v) is 15.9. The Labute approximate surface area is 143 Å². The normalized spacial score (nSPS) is 11.6. The second-order valence-corrected chi connectivity index (χ2v) is 6.29. The minimum Gasteiger partial charge on any atom is -0.491 e. The molecular weight excluding hydrogens is 301 g/mol. The van der Waals surface area contributed by atoms with Crippen molar-refractivity contribution in [1.29, 1.82) is 0 Å². The molecule has 3 heteroatoms. The van der Waals surface area contributed by atoms with Crippen LogP contribution in [0.25, 0.3) is 0 Å². The average molecular weight is 331 g/mol. The van der Waals surface area contributed by atoms with E-state index in [9.17, 15) is 0 Å². The Balaban J connectivity index is 0.00000127. The Morgan fingerprint density at radius 2 is 1.52 bits per heavy atom. The SMILES string of the molecule is CC.CC(C)Oc1ccc(CNC(P)Cc2ccccc2)cc1. The Bertz CT molecular complexity index is 525. The lowest BCUT2D eigenvalue weighted by Gasteiger charge is -2.14. The van der Waals surface area contributed by atoms with E-state index >= 15 is 0 Å². The van der Waals surface area contributed by atoms with E-state index in [-0.39, 0.29) is 6.10 Å². The minimum absolute atomic E-state index is 0.219. The standard InChI is InChI=1S/C18H24NOP.C2H6/c1-14(2)20-17-10-8-16(9-11-17)13-19-18(21)12-15-6-4-3-5-7-15;1-2/h3-11,14,18-19H,12-13,21H2,1-2H3;1-2H3. The summed E-state index contributed by atoms with van der Waals surface area (Å²) in [5, 5.41) is 3.53. The molecule has 126 valence electrons. The van der Waals surface area contributed by atoms with Gasteiger partial charge in [0.2, 0.25) is 0 Å². The highest BCUT2D eigenvalue weighted by Gasteiger charge is 2.03. The van der Waals surface area contributed by atoms with E-state index in [2.05, 4.69) is 57.0 Å². The number of hydrogen-bond donors (Lipinski definition) is 1. The van der Waals surface area contributed by atoms with Gasteiger partial charge in [-0.1, -0.05) is 56.3 Å². The Morgan fingerprint density at radius 3 is 2.09 bits per heavy atom. The molecule has 0 radical (unpaired) electrons. The molecule has 2 unspecified atom stereocenters. The van der Waals surface area contributed by atoms with Crippen molar-refractivity contribution in [2.45, 2.75) is 52.5 Å². The summed E-state index contributed by atoms with van der Waals surface area (Å²) < 4.78 is 5.65. The van der Waals surface area contributed by atoms with E-state index in [1.54, 1.807) is 0 Å². The molecule has 2 nitrogen and oxygen atoms in total. The van der Waals surface area contributed by atoms with Gasteiger partial charge in [-0.3, -0.25) is 0 Å². The van der Waals surface area contributed by atoms with Gasteiger partial charge < -0.3 is 10.1 Å². The smallest absolute Gasteiger partial charge is 0.119 e. The molecule has 0 aromatic heterocycles. The zero-order valence-electron chi connectivity index (χ0n) is 14.8. The molecular formula is C20H30NOP. The first kappa shape index (κ1) is 19.7. The largest absolute Gasteiger partial charge is 0.491 e. The van der Waals surface area contributed by atoms with Crippen LogP contribution in [-0.4, -0.2) is 11.9 Å². The van der Waals surface area contributed by atoms with Crippen LogP contribution in [0.15, 0.2) is 54.6 Å². The molecule has 0 amide bonds. The first-order valence-electron chi connectivity index (χ1n) is 8.42. The van der Waals surface area contributed by atoms with Gasteiger partial charge in [-0.2, -0.15) is 0 Å². The first-order valence-corrected chi connectivity index (χ1v) is 9.08. The Morgan fingerprint density at radius 1 is 0.913 bits per heavy atom. The monoisotopic (exact) mass is 331 g/mol. The molecule has 0 saturated carbocycles. The number of benzene rings is 2. The molecule has 2 atom stereocenters. The van der Waals surface area contributed by atoms with Gasteiger partial charge >= 0.3 is 0 Å². The number of rotatable bonds is 7. The van der Waals surface area contributed by atoms with E-state index in [0.717, 1.165) is 18.7 Å². The third kappa shape index (κ3) is 8.16. The maximum atomic E-state index is 5.65. The lowest BCUT2D eigenvalue weighted by Crippen LogP contribution is -2.24. The molecule has 0 fully saturated rings. The Kier molecular flexibility index (Phi) is 9.59. The third-order valence-corrected chi connectivity index (χ3v) is 3.63. The van der Waals surface area contributed by atoms with Crippen molar-refractivity contribution < 1.29 is 4.74 Å². The number of nitrogens with one attached hydrogen (secondary N) is 1. The van der Waals surface area contributed by atoms with Crippen LogP contribution < -0.4 is 10.1 Å². The fourth-order valence-corrected chi connectivity index (χ4v) is 2.54. The summed E-state index contributed by atoms with van der Waals surface area (Å²) in [4.78, 5) is 0. The van der Waals surface area contributed by atoms with Gasteiger partial charge in [-0.25, -0.2) is 0 Å². The van der Waals surface area contributed by atoms with Crippen molar-refractivity contribution in [2.75, 3.05) is 0 Å². The molecule has 0 aliphatic rings. The topological polar surface area (TPSA) is 21.3 Å². The van der Waals surface area contributed by atoms with Crippen LogP contribution in [0.2, 0.25) is 0 Å². The predicted octanol–water partition coefficient (Wildman–Crippen LogP) is 5.03. The summed E-state index contributed by atoms with van der Waals surface area (Å²) in [5.74, 6) is 1.31. The third-order valence-electron chi connectivity index (χ3n) is 3.16. The summed E-state index contributed by atoms with van der Waals surface area (Å²) in [6, 6.07) is 18.8. The summed E-state index contributed by atoms with van der Waals surface area (Å²) >= 11 is 0. The van der Waals surface area contributed by atoms with Crippen LogP contribution in [0.4, 0.5) is 0 Å². The fourth-order valence-electron chi connectivity index (χ4n) is 2.15. The van der Waals surface area contributed by atoms with Crippen LogP contribution in [-0.2, 0) is 13.0 Å². The summed E-state index contributed by atoms with van der Waals surface area (Å²) in [7, 11) is 2.87. The van der Waals surface area contributed by atoms with Gasteiger partial charge in [0.1, 0.15) is 5.75 Å². The zero-order chi connectivity index (χ0) is 17.1. The predicted molar refractivity (Wildman–Crippen MR) is 104 cm³/mol. The molecule has 0 heterocycles. The van der Waals surface area contributed by atoms with Gasteiger partial charge in [-0.15, -0.1) is 9.24 Å². The second kappa shape index (κ2) is 11.2. The summed E-state index contributed by atoms with van der Waals surface area (Å²) in [6.45, 7) is 8.94. The van der Waals surface area contributed by atoms with Crippen molar-refractivity contribution >= 4 is 9.24 Å². The molecule has 2 aromatic carbocycles. The van der Waals surface area contributed by atoms with Crippen LogP contribution in [0, 0.1) is 0 Å². The average Bonchev–Trinajstić information content (AvgIpc) is 2.56. The van der Waals surface area contributed by atoms with Crippen LogP contribution in [0.3, 0.4) is 0 Å². The van der Waals surface area contributed by atoms with Gasteiger partial charge in [0.05, 0.1) is 6.10 Å². The highest BCUT2D eigenvalue weighted by atomic mass is 31.0. The van der Waals surface area contributed by atoms with Crippen molar-refractivity contribution in [3.05, 3.63) is 65.7 Å². The fraction of sp³-hybridized carbons (Fsp3) is 0.400. The molecule has 2 rings (SSSR count). The number of ether oxygens (including phenoxy) is 1. The highest BCUT2D eigenvalue weighted by Crippen LogP contribution is 2.14. The molecule has 0 aliphatic heterocycles.